The number of halogens is 1. The minimum Gasteiger partial charge on any atom is -0.322 e. The molecule has 0 saturated carbocycles. The molecule has 2 aromatic rings. The van der Waals surface area contributed by atoms with Crippen LogP contribution in [0.3, 0.4) is 0 Å². The first kappa shape index (κ1) is 12.0. The van der Waals surface area contributed by atoms with Crippen LogP contribution in [0.25, 0.3) is 6.08 Å². The Morgan fingerprint density at radius 1 is 1.11 bits per heavy atom. The van der Waals surface area contributed by atoms with Crippen LogP contribution in [-0.2, 0) is 4.79 Å². The van der Waals surface area contributed by atoms with Crippen molar-refractivity contribution in [1.82, 2.24) is 4.98 Å². The summed E-state index contributed by atoms with van der Waals surface area (Å²) in [7, 11) is 0. The number of hydrogen-bond donors (Lipinski definition) is 1. The molecule has 1 aromatic carbocycles. The maximum atomic E-state index is 12.7. The quantitative estimate of drug-likeness (QED) is 0.841. The lowest BCUT2D eigenvalue weighted by Crippen LogP contribution is -2.07. The zero-order chi connectivity index (χ0) is 12.8. The molecule has 0 unspecified atom stereocenters. The molecule has 0 bridgehead atoms. The van der Waals surface area contributed by atoms with E-state index in [9.17, 15) is 9.18 Å². The van der Waals surface area contributed by atoms with E-state index in [1.165, 1.54) is 18.2 Å². The Morgan fingerprint density at radius 3 is 2.44 bits per heavy atom. The van der Waals surface area contributed by atoms with Crippen LogP contribution in [-0.4, -0.2) is 10.9 Å². The van der Waals surface area contributed by atoms with Crippen molar-refractivity contribution < 1.29 is 9.18 Å². The lowest BCUT2D eigenvalue weighted by Gasteiger charge is -2.00. The molecule has 2 rings (SSSR count). The van der Waals surface area contributed by atoms with Gasteiger partial charge in [-0.05, 0) is 35.9 Å². The van der Waals surface area contributed by atoms with Gasteiger partial charge >= 0.3 is 0 Å². The van der Waals surface area contributed by atoms with Gasteiger partial charge < -0.3 is 5.32 Å². The summed E-state index contributed by atoms with van der Waals surface area (Å²) in [6.45, 7) is 0. The minimum atomic E-state index is -0.298. The van der Waals surface area contributed by atoms with E-state index >= 15 is 0 Å². The van der Waals surface area contributed by atoms with Gasteiger partial charge in [0.15, 0.2) is 0 Å². The van der Waals surface area contributed by atoms with Gasteiger partial charge in [0.25, 0.3) is 0 Å². The van der Waals surface area contributed by atoms with Gasteiger partial charge in [0.1, 0.15) is 5.82 Å². The maximum absolute atomic E-state index is 12.7. The molecular formula is C14H11FN2O. The van der Waals surface area contributed by atoms with E-state index in [-0.39, 0.29) is 11.7 Å². The molecule has 3 nitrogen and oxygen atoms in total. The number of carbonyl (C=O) groups is 1. The highest BCUT2D eigenvalue weighted by molar-refractivity contribution is 6.01. The van der Waals surface area contributed by atoms with Crippen LogP contribution in [0.1, 0.15) is 5.56 Å². The summed E-state index contributed by atoms with van der Waals surface area (Å²) in [5.41, 5.74) is 1.44. The second-order valence-electron chi connectivity index (χ2n) is 3.61. The Hall–Kier alpha value is -2.49. The van der Waals surface area contributed by atoms with Gasteiger partial charge in [-0.3, -0.25) is 9.78 Å². The highest BCUT2D eigenvalue weighted by Crippen LogP contribution is 2.06. The lowest BCUT2D eigenvalue weighted by molar-refractivity contribution is -0.111. The summed E-state index contributed by atoms with van der Waals surface area (Å²) >= 11 is 0. The third-order valence-corrected chi connectivity index (χ3v) is 2.25. The van der Waals surface area contributed by atoms with Crippen LogP contribution in [0, 0.1) is 5.82 Å². The molecule has 0 fully saturated rings. The third kappa shape index (κ3) is 3.52. The Labute approximate surface area is 104 Å². The molecule has 1 amide bonds. The maximum Gasteiger partial charge on any atom is 0.248 e. The van der Waals surface area contributed by atoms with Crippen LogP contribution < -0.4 is 5.32 Å². The normalized spacial score (nSPS) is 10.5. The summed E-state index contributed by atoms with van der Waals surface area (Å²) in [6.07, 6.45) is 6.21. The summed E-state index contributed by atoms with van der Waals surface area (Å²) < 4.78 is 12.7. The van der Waals surface area contributed by atoms with Crippen molar-refractivity contribution >= 4 is 17.7 Å². The Morgan fingerprint density at radius 2 is 1.78 bits per heavy atom. The average molecular weight is 242 g/mol. The van der Waals surface area contributed by atoms with E-state index in [4.69, 9.17) is 0 Å². The monoisotopic (exact) mass is 242 g/mol. The minimum absolute atomic E-state index is 0.245. The van der Waals surface area contributed by atoms with Gasteiger partial charge in [0.05, 0.1) is 0 Å². The first-order chi connectivity index (χ1) is 8.74. The second-order valence-corrected chi connectivity index (χ2v) is 3.61. The Balaban J connectivity index is 1.97. The molecule has 18 heavy (non-hydrogen) atoms. The summed E-state index contributed by atoms with van der Waals surface area (Å²) in [5, 5.41) is 2.68. The fourth-order valence-electron chi connectivity index (χ4n) is 1.36. The molecule has 0 aliphatic heterocycles. The standard InChI is InChI=1S/C14H11FN2O/c15-12-4-1-11(2-5-12)3-6-14(18)17-13-7-9-16-10-8-13/h1-10H,(H,16,17,18). The molecule has 0 aliphatic rings. The van der Waals surface area contributed by atoms with Gasteiger partial charge in [-0.1, -0.05) is 12.1 Å². The molecule has 1 heterocycles. The molecule has 0 spiro atoms. The van der Waals surface area contributed by atoms with E-state index in [0.717, 1.165) is 5.56 Å². The fraction of sp³-hybridized carbons (Fsp3) is 0. The van der Waals surface area contributed by atoms with E-state index < -0.39 is 0 Å². The smallest absolute Gasteiger partial charge is 0.248 e. The van der Waals surface area contributed by atoms with Crippen LogP contribution in [0.2, 0.25) is 0 Å². The van der Waals surface area contributed by atoms with Gasteiger partial charge in [0.2, 0.25) is 5.91 Å². The number of rotatable bonds is 3. The van der Waals surface area contributed by atoms with Crippen LogP contribution in [0.4, 0.5) is 10.1 Å². The lowest BCUT2D eigenvalue weighted by atomic mass is 10.2. The molecule has 0 radical (unpaired) electrons. The van der Waals surface area contributed by atoms with Crippen molar-refractivity contribution in [2.24, 2.45) is 0 Å². The molecule has 1 N–H and O–H groups in total. The van der Waals surface area contributed by atoms with Crippen molar-refractivity contribution in [1.29, 1.82) is 0 Å². The zero-order valence-electron chi connectivity index (χ0n) is 9.51. The second kappa shape index (κ2) is 5.72. The number of pyridine rings is 1. The van der Waals surface area contributed by atoms with Crippen LogP contribution in [0.15, 0.2) is 54.9 Å². The molecule has 0 aliphatic carbocycles. The number of carbonyl (C=O) groups excluding carboxylic acids is 1. The number of nitrogens with one attached hydrogen (secondary N) is 1. The number of anilines is 1. The van der Waals surface area contributed by atoms with Crippen molar-refractivity contribution in [3.63, 3.8) is 0 Å². The van der Waals surface area contributed by atoms with Crippen molar-refractivity contribution in [2.45, 2.75) is 0 Å². The number of aromatic nitrogens is 1. The number of hydrogen-bond acceptors (Lipinski definition) is 2. The van der Waals surface area contributed by atoms with Crippen molar-refractivity contribution in [3.05, 3.63) is 66.2 Å². The molecule has 0 atom stereocenters. The van der Waals surface area contributed by atoms with E-state index in [1.807, 2.05) is 0 Å². The summed E-state index contributed by atoms with van der Waals surface area (Å²) in [4.78, 5) is 15.4. The highest BCUT2D eigenvalue weighted by Gasteiger charge is 1.96. The van der Waals surface area contributed by atoms with E-state index in [0.29, 0.717) is 5.69 Å². The molecular weight excluding hydrogens is 231 g/mol. The average Bonchev–Trinajstić information content (AvgIpc) is 2.39. The van der Waals surface area contributed by atoms with Gasteiger partial charge in [-0.25, -0.2) is 4.39 Å². The molecule has 90 valence electrons. The summed E-state index contributed by atoms with van der Waals surface area (Å²) in [6, 6.07) is 9.30. The topological polar surface area (TPSA) is 42.0 Å². The predicted molar refractivity (Wildman–Crippen MR) is 68.3 cm³/mol. The van der Waals surface area contributed by atoms with Gasteiger partial charge in [0, 0.05) is 24.2 Å². The largest absolute Gasteiger partial charge is 0.322 e. The highest BCUT2D eigenvalue weighted by atomic mass is 19.1. The number of benzene rings is 1. The van der Waals surface area contributed by atoms with Gasteiger partial charge in [-0.15, -0.1) is 0 Å². The zero-order valence-corrected chi connectivity index (χ0v) is 9.51. The predicted octanol–water partition coefficient (Wildman–Crippen LogP) is 2.87. The van der Waals surface area contributed by atoms with Crippen molar-refractivity contribution in [2.75, 3.05) is 5.32 Å². The van der Waals surface area contributed by atoms with E-state index in [2.05, 4.69) is 10.3 Å². The SMILES string of the molecule is O=C(C=Cc1ccc(F)cc1)Nc1ccncc1. The van der Waals surface area contributed by atoms with Gasteiger partial charge in [-0.2, -0.15) is 0 Å². The number of nitrogens with zero attached hydrogens (tertiary/aromatic N) is 1. The summed E-state index contributed by atoms with van der Waals surface area (Å²) in [5.74, 6) is -0.543. The molecule has 4 heteroatoms. The number of amides is 1. The van der Waals surface area contributed by atoms with E-state index in [1.54, 1.807) is 42.7 Å². The fourth-order valence-corrected chi connectivity index (χ4v) is 1.36. The van der Waals surface area contributed by atoms with Crippen molar-refractivity contribution in [3.8, 4) is 0 Å². The molecule has 1 aromatic heterocycles. The van der Waals surface area contributed by atoms with Crippen LogP contribution >= 0.6 is 0 Å². The Bertz CT molecular complexity index is 550. The molecule has 0 saturated heterocycles. The van der Waals surface area contributed by atoms with Crippen LogP contribution in [0.5, 0.6) is 0 Å². The first-order valence-electron chi connectivity index (χ1n) is 5.39. The Kier molecular flexibility index (Phi) is 3.81. The third-order valence-electron chi connectivity index (χ3n) is 2.25. The first-order valence-corrected chi connectivity index (χ1v) is 5.39.